The third kappa shape index (κ3) is 3.99. The molecule has 2 heterocycles. The molecule has 0 spiro atoms. The van der Waals surface area contributed by atoms with E-state index in [9.17, 15) is 14.4 Å². The second-order valence-electron chi connectivity index (χ2n) is 7.76. The van der Waals surface area contributed by atoms with Crippen LogP contribution in [0.4, 0.5) is 10.5 Å². The molecule has 2 aliphatic rings. The van der Waals surface area contributed by atoms with Crippen molar-refractivity contribution < 1.29 is 19.1 Å². The van der Waals surface area contributed by atoms with Crippen molar-refractivity contribution in [2.24, 2.45) is 0 Å². The number of hydrogen-bond acceptors (Lipinski definition) is 5. The molecule has 1 N–H and O–H groups in total. The van der Waals surface area contributed by atoms with Crippen LogP contribution in [0.25, 0.3) is 0 Å². The third-order valence-electron chi connectivity index (χ3n) is 5.83. The van der Waals surface area contributed by atoms with Gasteiger partial charge in [0.25, 0.3) is 11.8 Å². The van der Waals surface area contributed by atoms with Gasteiger partial charge in [0.15, 0.2) is 0 Å². The summed E-state index contributed by atoms with van der Waals surface area (Å²) in [4.78, 5) is 42.6. The Morgan fingerprint density at radius 3 is 2.58 bits per heavy atom. The fourth-order valence-electron chi connectivity index (χ4n) is 4.11. The molecular formula is C23H25N3O4S. The maximum atomic E-state index is 13.0. The number of methoxy groups -OCH3 is 1. The van der Waals surface area contributed by atoms with Crippen molar-refractivity contribution >= 4 is 35.3 Å². The number of urea groups is 1. The molecule has 0 radical (unpaired) electrons. The average molecular weight is 440 g/mol. The number of amides is 4. The number of aryl methyl sites for hydroxylation is 1. The zero-order valence-electron chi connectivity index (χ0n) is 17.8. The van der Waals surface area contributed by atoms with E-state index >= 15 is 0 Å². The van der Waals surface area contributed by atoms with Crippen LogP contribution in [0.1, 0.15) is 28.8 Å². The number of anilines is 1. The number of rotatable bonds is 5. The van der Waals surface area contributed by atoms with E-state index in [0.29, 0.717) is 36.4 Å². The molecule has 31 heavy (non-hydrogen) atoms. The summed E-state index contributed by atoms with van der Waals surface area (Å²) in [6.07, 6.45) is 2.94. The smallest absolute Gasteiger partial charge is 0.332 e. The van der Waals surface area contributed by atoms with E-state index in [1.165, 1.54) is 12.0 Å². The van der Waals surface area contributed by atoms with Gasteiger partial charge in [-0.05, 0) is 56.4 Å². The van der Waals surface area contributed by atoms with Gasteiger partial charge in [0.2, 0.25) is 0 Å². The van der Waals surface area contributed by atoms with Crippen LogP contribution >= 0.6 is 11.8 Å². The van der Waals surface area contributed by atoms with Crippen LogP contribution in [0, 0.1) is 6.92 Å². The van der Waals surface area contributed by atoms with Gasteiger partial charge >= 0.3 is 6.03 Å². The lowest BCUT2D eigenvalue weighted by molar-refractivity contribution is -0.120. The molecule has 0 saturated carbocycles. The van der Waals surface area contributed by atoms with E-state index in [0.717, 1.165) is 10.5 Å². The summed E-state index contributed by atoms with van der Waals surface area (Å²) in [6.45, 7) is 2.38. The highest BCUT2D eigenvalue weighted by atomic mass is 32.2. The maximum Gasteiger partial charge on any atom is 0.332 e. The number of imide groups is 1. The minimum absolute atomic E-state index is 0.201. The Bertz CT molecular complexity index is 1020. The van der Waals surface area contributed by atoms with E-state index < -0.39 is 6.04 Å². The molecule has 2 aliphatic heterocycles. The first-order chi connectivity index (χ1) is 14.9. The Morgan fingerprint density at radius 2 is 1.90 bits per heavy atom. The molecule has 2 fully saturated rings. The summed E-state index contributed by atoms with van der Waals surface area (Å²) in [7, 11) is 1.54. The monoisotopic (exact) mass is 439 g/mol. The van der Waals surface area contributed by atoms with Crippen LogP contribution < -0.4 is 15.0 Å². The Morgan fingerprint density at radius 1 is 1.16 bits per heavy atom. The lowest BCUT2D eigenvalue weighted by Crippen LogP contribution is -2.49. The van der Waals surface area contributed by atoms with Gasteiger partial charge in [-0.3, -0.25) is 9.59 Å². The Labute approximate surface area is 185 Å². The van der Waals surface area contributed by atoms with Crippen molar-refractivity contribution in [3.8, 4) is 5.75 Å². The topological polar surface area (TPSA) is 79.0 Å². The maximum absolute atomic E-state index is 13.0. The molecule has 0 aliphatic carbocycles. The molecule has 0 unspecified atom stereocenters. The van der Waals surface area contributed by atoms with Crippen LogP contribution in [0.5, 0.6) is 5.75 Å². The van der Waals surface area contributed by atoms with Crippen LogP contribution in [-0.2, 0) is 4.79 Å². The second-order valence-corrected chi connectivity index (χ2v) is 8.64. The molecular weight excluding hydrogens is 414 g/mol. The highest BCUT2D eigenvalue weighted by Crippen LogP contribution is 2.31. The number of ether oxygens (including phenoxy) is 1. The van der Waals surface area contributed by atoms with Crippen molar-refractivity contribution in [3.05, 3.63) is 53.6 Å². The molecule has 0 bridgehead atoms. The molecule has 162 valence electrons. The lowest BCUT2D eigenvalue weighted by Gasteiger charge is -2.32. The zero-order chi connectivity index (χ0) is 22.1. The highest BCUT2D eigenvalue weighted by Gasteiger charge is 2.48. The summed E-state index contributed by atoms with van der Waals surface area (Å²) in [6, 6.07) is 11.7. The summed E-state index contributed by atoms with van der Waals surface area (Å²) >= 11 is 1.57. The molecule has 4 amide bonds. The van der Waals surface area contributed by atoms with Crippen LogP contribution in [0.3, 0.4) is 0 Å². The first kappa shape index (κ1) is 21.2. The second kappa shape index (κ2) is 8.63. The lowest BCUT2D eigenvalue weighted by atomic mass is 9.97. The highest BCUT2D eigenvalue weighted by molar-refractivity contribution is 7.98. The van der Waals surface area contributed by atoms with Crippen molar-refractivity contribution in [1.82, 2.24) is 10.2 Å². The number of nitrogens with zero attached hydrogens (tertiary/aromatic N) is 2. The molecule has 7 nitrogen and oxygen atoms in total. The fraction of sp³-hybridized carbons (Fsp3) is 0.348. The number of carbonyl (C=O) groups excluding carboxylic acids is 3. The summed E-state index contributed by atoms with van der Waals surface area (Å²) in [5.41, 5.74) is 2.09. The first-order valence-electron chi connectivity index (χ1n) is 10.2. The normalized spacial score (nSPS) is 20.6. The van der Waals surface area contributed by atoms with E-state index in [1.807, 2.05) is 37.4 Å². The van der Waals surface area contributed by atoms with Crippen LogP contribution in [0.15, 0.2) is 47.4 Å². The van der Waals surface area contributed by atoms with Gasteiger partial charge < -0.3 is 15.0 Å². The van der Waals surface area contributed by atoms with Crippen molar-refractivity contribution in [3.63, 3.8) is 0 Å². The van der Waals surface area contributed by atoms with Crippen LogP contribution in [0.2, 0.25) is 0 Å². The number of nitrogens with one attached hydrogen (secondary N) is 1. The molecule has 2 atom stereocenters. The Hall–Kier alpha value is -3.00. The van der Waals surface area contributed by atoms with Crippen LogP contribution in [-0.4, -0.2) is 54.7 Å². The summed E-state index contributed by atoms with van der Waals surface area (Å²) in [5.74, 6) is 0.0317. The van der Waals surface area contributed by atoms with E-state index in [1.54, 1.807) is 34.9 Å². The van der Waals surface area contributed by atoms with Crippen molar-refractivity contribution in [2.45, 2.75) is 36.7 Å². The summed E-state index contributed by atoms with van der Waals surface area (Å²) in [5, 5.41) is 3.02. The van der Waals surface area contributed by atoms with Crippen molar-refractivity contribution in [1.29, 1.82) is 0 Å². The molecule has 8 heteroatoms. The van der Waals surface area contributed by atoms with Gasteiger partial charge in [-0.25, -0.2) is 9.69 Å². The third-order valence-corrected chi connectivity index (χ3v) is 6.55. The predicted molar refractivity (Wildman–Crippen MR) is 120 cm³/mol. The molecule has 2 aromatic rings. The number of fused-ring (bicyclic) bond motifs is 1. The Kier molecular flexibility index (Phi) is 5.91. The number of carbonyl (C=O) groups is 3. The number of hydrogen-bond donors (Lipinski definition) is 1. The number of thioether (sulfide) groups is 1. The molecule has 2 aromatic carbocycles. The largest absolute Gasteiger partial charge is 0.496 e. The van der Waals surface area contributed by atoms with E-state index in [2.05, 4.69) is 5.32 Å². The van der Waals surface area contributed by atoms with Crippen molar-refractivity contribution in [2.75, 3.05) is 24.8 Å². The SMILES string of the molecule is COc1cc(SC)ccc1C(=O)N[C@H]1CCN2C(=O)N(c3ccc(C)cc3)C(=O)[C@@H]2C1. The van der Waals surface area contributed by atoms with E-state index in [4.69, 9.17) is 4.74 Å². The van der Waals surface area contributed by atoms with Gasteiger partial charge in [-0.15, -0.1) is 11.8 Å². The standard InChI is InChI=1S/C23H25N3O4S/c1-14-4-6-16(7-5-14)26-22(28)19-12-15(10-11-25(19)23(26)29)24-21(27)18-9-8-17(31-3)13-20(18)30-2/h4-9,13,15,19H,10-12H2,1-3H3,(H,24,27)/t15-,19-/m0/s1. The minimum atomic E-state index is -0.561. The molecule has 2 saturated heterocycles. The van der Waals surface area contributed by atoms with Gasteiger partial charge in [-0.2, -0.15) is 0 Å². The predicted octanol–water partition coefficient (Wildman–Crippen LogP) is 3.46. The van der Waals surface area contributed by atoms with Gasteiger partial charge in [0.1, 0.15) is 11.8 Å². The van der Waals surface area contributed by atoms with Gasteiger partial charge in [-0.1, -0.05) is 17.7 Å². The zero-order valence-corrected chi connectivity index (χ0v) is 18.6. The minimum Gasteiger partial charge on any atom is -0.496 e. The quantitative estimate of drug-likeness (QED) is 0.570. The fourth-order valence-corrected chi connectivity index (χ4v) is 4.54. The average Bonchev–Trinajstić information content (AvgIpc) is 3.03. The molecule has 4 rings (SSSR count). The first-order valence-corrected chi connectivity index (χ1v) is 11.4. The van der Waals surface area contributed by atoms with Gasteiger partial charge in [0, 0.05) is 17.5 Å². The number of benzene rings is 2. The number of piperidine rings is 1. The molecule has 0 aromatic heterocycles. The Balaban J connectivity index is 1.47. The summed E-state index contributed by atoms with van der Waals surface area (Å²) < 4.78 is 5.38. The van der Waals surface area contributed by atoms with E-state index in [-0.39, 0.29) is 23.9 Å². The van der Waals surface area contributed by atoms with Gasteiger partial charge in [0.05, 0.1) is 18.4 Å².